The number of nitrogens with one attached hydrogen (secondary N) is 1. The highest BCUT2D eigenvalue weighted by Gasteiger charge is 2.33. The lowest BCUT2D eigenvalue weighted by atomic mass is 10.0. The third-order valence-electron chi connectivity index (χ3n) is 5.81. The number of fused-ring (bicyclic) bond motifs is 1. The van der Waals surface area contributed by atoms with Gasteiger partial charge in [0.25, 0.3) is 11.5 Å². The quantitative estimate of drug-likeness (QED) is 0.475. The number of carbonyl (C=O) groups is 1. The first kappa shape index (κ1) is 21.5. The van der Waals surface area contributed by atoms with Gasteiger partial charge in [0.05, 0.1) is 5.69 Å². The predicted molar refractivity (Wildman–Crippen MR) is 130 cm³/mol. The van der Waals surface area contributed by atoms with E-state index in [2.05, 4.69) is 10.4 Å². The Morgan fingerprint density at radius 2 is 1.62 bits per heavy atom. The Balaban J connectivity index is 1.47. The number of benzene rings is 3. The number of aromatic nitrogens is 2. The Morgan fingerprint density at radius 1 is 0.882 bits per heavy atom. The third-order valence-corrected chi connectivity index (χ3v) is 5.81. The molecule has 0 saturated heterocycles. The molecule has 1 aliphatic heterocycles. The molecule has 1 aliphatic rings. The van der Waals surface area contributed by atoms with Crippen molar-refractivity contribution in [3.05, 3.63) is 95.3 Å². The molecule has 0 bridgehead atoms. The smallest absolute Gasteiger partial charge is 0.267 e. The normalized spacial score (nSPS) is 12.4. The van der Waals surface area contributed by atoms with Gasteiger partial charge in [-0.3, -0.25) is 9.59 Å². The standard InChI is InChI=1S/C27H23N3O4/c1-27(2,26(32)28-22-11-7-6-10-20(22)18-8-4-3-5-9-18)30-25(31)15-13-21(29-30)19-12-14-23-24(16-19)34-17-33-23/h3-16H,17H2,1-2H3,(H,28,32). The summed E-state index contributed by atoms with van der Waals surface area (Å²) in [5.41, 5.74) is 2.20. The van der Waals surface area contributed by atoms with Crippen LogP contribution in [-0.2, 0) is 10.3 Å². The average Bonchev–Trinajstić information content (AvgIpc) is 3.33. The minimum absolute atomic E-state index is 0.170. The third kappa shape index (κ3) is 3.92. The molecule has 2 heterocycles. The zero-order chi connectivity index (χ0) is 23.7. The molecule has 0 aliphatic carbocycles. The number of para-hydroxylation sites is 1. The topological polar surface area (TPSA) is 82.5 Å². The van der Waals surface area contributed by atoms with E-state index < -0.39 is 5.54 Å². The highest BCUT2D eigenvalue weighted by Crippen LogP contribution is 2.35. The number of ether oxygens (including phenoxy) is 2. The molecule has 7 heteroatoms. The fourth-order valence-corrected chi connectivity index (χ4v) is 3.85. The van der Waals surface area contributed by atoms with Crippen LogP contribution in [-0.4, -0.2) is 22.5 Å². The van der Waals surface area contributed by atoms with Crippen LogP contribution in [0.3, 0.4) is 0 Å². The first-order valence-corrected chi connectivity index (χ1v) is 10.9. The fourth-order valence-electron chi connectivity index (χ4n) is 3.85. The van der Waals surface area contributed by atoms with Gasteiger partial charge in [-0.05, 0) is 49.7 Å². The number of hydrogen-bond acceptors (Lipinski definition) is 5. The monoisotopic (exact) mass is 453 g/mol. The summed E-state index contributed by atoms with van der Waals surface area (Å²) in [6, 6.07) is 25.9. The van der Waals surface area contributed by atoms with Crippen LogP contribution in [0.25, 0.3) is 22.4 Å². The second kappa shape index (κ2) is 8.51. The lowest BCUT2D eigenvalue weighted by molar-refractivity contribution is -0.123. The van der Waals surface area contributed by atoms with E-state index in [9.17, 15) is 9.59 Å². The zero-order valence-electron chi connectivity index (χ0n) is 18.8. The first-order chi connectivity index (χ1) is 16.4. The summed E-state index contributed by atoms with van der Waals surface area (Å²) in [6.45, 7) is 3.51. The van der Waals surface area contributed by atoms with Crippen LogP contribution in [0.15, 0.2) is 89.7 Å². The van der Waals surface area contributed by atoms with Gasteiger partial charge in [0.15, 0.2) is 11.5 Å². The molecule has 0 unspecified atom stereocenters. The molecule has 0 fully saturated rings. The molecule has 4 aromatic rings. The second-order valence-electron chi connectivity index (χ2n) is 8.46. The van der Waals surface area contributed by atoms with Crippen molar-refractivity contribution in [1.82, 2.24) is 9.78 Å². The Bertz CT molecular complexity index is 1430. The van der Waals surface area contributed by atoms with Crippen LogP contribution in [0.5, 0.6) is 11.5 Å². The zero-order valence-corrected chi connectivity index (χ0v) is 18.8. The van der Waals surface area contributed by atoms with Crippen LogP contribution in [0, 0.1) is 0 Å². The maximum Gasteiger partial charge on any atom is 0.267 e. The van der Waals surface area contributed by atoms with Gasteiger partial charge in [-0.1, -0.05) is 48.5 Å². The van der Waals surface area contributed by atoms with Gasteiger partial charge in [0.2, 0.25) is 6.79 Å². The van der Waals surface area contributed by atoms with E-state index in [4.69, 9.17) is 9.47 Å². The van der Waals surface area contributed by atoms with Gasteiger partial charge < -0.3 is 14.8 Å². The number of hydrogen-bond donors (Lipinski definition) is 1. The van der Waals surface area contributed by atoms with Crippen molar-refractivity contribution in [3.8, 4) is 33.9 Å². The molecule has 170 valence electrons. The molecule has 7 nitrogen and oxygen atoms in total. The Labute approximate surface area is 196 Å². The number of amides is 1. The average molecular weight is 453 g/mol. The van der Waals surface area contributed by atoms with E-state index in [1.54, 1.807) is 26.0 Å². The summed E-state index contributed by atoms with van der Waals surface area (Å²) in [5.74, 6) is 0.925. The van der Waals surface area contributed by atoms with E-state index in [-0.39, 0.29) is 18.3 Å². The number of rotatable bonds is 5. The number of nitrogens with zero attached hydrogens (tertiary/aromatic N) is 2. The summed E-state index contributed by atoms with van der Waals surface area (Å²) in [6.07, 6.45) is 0. The van der Waals surface area contributed by atoms with Gasteiger partial charge in [0, 0.05) is 22.9 Å². The summed E-state index contributed by atoms with van der Waals surface area (Å²) in [5, 5.41) is 7.52. The summed E-state index contributed by atoms with van der Waals surface area (Å²) in [7, 11) is 0. The van der Waals surface area contributed by atoms with Crippen molar-refractivity contribution in [1.29, 1.82) is 0 Å². The van der Waals surface area contributed by atoms with Crippen molar-refractivity contribution >= 4 is 11.6 Å². The highest BCUT2D eigenvalue weighted by atomic mass is 16.7. The van der Waals surface area contributed by atoms with E-state index in [0.29, 0.717) is 22.9 Å². The Hall–Kier alpha value is -4.39. The number of anilines is 1. The number of carbonyl (C=O) groups excluding carboxylic acids is 1. The van der Waals surface area contributed by atoms with Crippen LogP contribution >= 0.6 is 0 Å². The fraction of sp³-hybridized carbons (Fsp3) is 0.148. The van der Waals surface area contributed by atoms with E-state index in [1.807, 2.05) is 66.7 Å². The van der Waals surface area contributed by atoms with Crippen LogP contribution in [0.1, 0.15) is 13.8 Å². The molecule has 3 aromatic carbocycles. The minimum Gasteiger partial charge on any atom is -0.454 e. The van der Waals surface area contributed by atoms with Gasteiger partial charge >= 0.3 is 0 Å². The molecule has 0 atom stereocenters. The van der Waals surface area contributed by atoms with E-state index in [1.165, 1.54) is 10.7 Å². The second-order valence-corrected chi connectivity index (χ2v) is 8.46. The van der Waals surface area contributed by atoms with Crippen molar-refractivity contribution in [2.45, 2.75) is 19.4 Å². The van der Waals surface area contributed by atoms with E-state index >= 15 is 0 Å². The van der Waals surface area contributed by atoms with Crippen LogP contribution in [0.2, 0.25) is 0 Å². The molecular formula is C27H23N3O4. The largest absolute Gasteiger partial charge is 0.454 e. The van der Waals surface area contributed by atoms with Crippen molar-refractivity contribution in [3.63, 3.8) is 0 Å². The van der Waals surface area contributed by atoms with Gasteiger partial charge in [-0.2, -0.15) is 5.10 Å². The van der Waals surface area contributed by atoms with Gasteiger partial charge in [-0.25, -0.2) is 4.68 Å². The molecular weight excluding hydrogens is 430 g/mol. The molecule has 1 aromatic heterocycles. The van der Waals surface area contributed by atoms with Gasteiger partial charge in [0.1, 0.15) is 5.54 Å². The van der Waals surface area contributed by atoms with Crippen molar-refractivity contribution in [2.24, 2.45) is 0 Å². The van der Waals surface area contributed by atoms with Crippen LogP contribution in [0.4, 0.5) is 5.69 Å². The predicted octanol–water partition coefficient (Wildman–Crippen LogP) is 4.68. The summed E-state index contributed by atoms with van der Waals surface area (Å²) in [4.78, 5) is 26.2. The first-order valence-electron chi connectivity index (χ1n) is 10.9. The lowest BCUT2D eigenvalue weighted by Gasteiger charge is -2.26. The molecule has 34 heavy (non-hydrogen) atoms. The highest BCUT2D eigenvalue weighted by molar-refractivity contribution is 5.99. The Morgan fingerprint density at radius 3 is 2.44 bits per heavy atom. The van der Waals surface area contributed by atoms with Gasteiger partial charge in [-0.15, -0.1) is 0 Å². The molecule has 0 saturated carbocycles. The molecule has 1 N–H and O–H groups in total. The summed E-state index contributed by atoms with van der Waals surface area (Å²) >= 11 is 0. The molecule has 0 spiro atoms. The van der Waals surface area contributed by atoms with Crippen molar-refractivity contribution in [2.75, 3.05) is 12.1 Å². The minimum atomic E-state index is -1.26. The van der Waals surface area contributed by atoms with Crippen molar-refractivity contribution < 1.29 is 14.3 Å². The molecule has 5 rings (SSSR count). The maximum atomic E-state index is 13.4. The summed E-state index contributed by atoms with van der Waals surface area (Å²) < 4.78 is 12.0. The SMILES string of the molecule is CC(C)(C(=O)Nc1ccccc1-c1ccccc1)n1nc(-c2ccc3c(c2)OCO3)ccc1=O. The molecule has 0 radical (unpaired) electrons. The Kier molecular flexibility index (Phi) is 5.37. The van der Waals surface area contributed by atoms with Crippen LogP contribution < -0.4 is 20.3 Å². The van der Waals surface area contributed by atoms with E-state index in [0.717, 1.165) is 16.7 Å². The maximum absolute atomic E-state index is 13.4. The molecule has 1 amide bonds. The lowest BCUT2D eigenvalue weighted by Crippen LogP contribution is -2.47.